The van der Waals surface area contributed by atoms with Crippen LogP contribution in [0.1, 0.15) is 123 Å². The molecular formula is C51H82O19P2. The van der Waals surface area contributed by atoms with Crippen LogP contribution in [-0.2, 0) is 41.8 Å². The Morgan fingerprint density at radius 1 is 0.542 bits per heavy atom. The number of unbranched alkanes of at least 4 members (excludes halogenated alkanes) is 5. The van der Waals surface area contributed by atoms with Gasteiger partial charge in [-0.05, 0) is 64.2 Å². The third kappa shape index (κ3) is 33.4. The average molecular weight is 1060 g/mol. The van der Waals surface area contributed by atoms with E-state index in [-0.39, 0.29) is 32.1 Å². The van der Waals surface area contributed by atoms with Crippen molar-refractivity contribution >= 4 is 27.6 Å². The van der Waals surface area contributed by atoms with Gasteiger partial charge >= 0.3 is 27.6 Å². The number of hydrogen-bond acceptors (Lipinski definition) is 16. The molecule has 10 N–H and O–H groups in total. The van der Waals surface area contributed by atoms with Crippen LogP contribution < -0.4 is 0 Å². The highest BCUT2D eigenvalue weighted by atomic mass is 31.2. The second-order valence-electron chi connectivity index (χ2n) is 17.0. The van der Waals surface area contributed by atoms with Crippen LogP contribution in [0.4, 0.5) is 0 Å². The highest BCUT2D eigenvalue weighted by Crippen LogP contribution is 2.49. The summed E-state index contributed by atoms with van der Waals surface area (Å²) in [5.74, 6) is -1.64. The zero-order chi connectivity index (χ0) is 53.6. The molecule has 0 aliphatic heterocycles. The lowest BCUT2D eigenvalue weighted by Crippen LogP contribution is -2.64. The fraction of sp³-hybridized carbons (Fsp3) is 0.608. The molecule has 0 saturated heterocycles. The molecule has 0 amide bonds. The van der Waals surface area contributed by atoms with E-state index in [4.69, 9.17) is 18.5 Å². The van der Waals surface area contributed by atoms with E-state index in [9.17, 15) is 69.1 Å². The molecule has 0 aromatic rings. The summed E-state index contributed by atoms with van der Waals surface area (Å²) in [7, 11) is -10.8. The number of ether oxygens (including phenoxy) is 2. The van der Waals surface area contributed by atoms with Gasteiger partial charge in [0, 0.05) is 12.8 Å². The first-order valence-corrected chi connectivity index (χ1v) is 27.8. The van der Waals surface area contributed by atoms with E-state index in [1.165, 1.54) is 31.4 Å². The lowest BCUT2D eigenvalue weighted by Gasteiger charge is -2.43. The van der Waals surface area contributed by atoms with E-state index in [0.29, 0.717) is 12.8 Å². The summed E-state index contributed by atoms with van der Waals surface area (Å²) in [5, 5.41) is 71.9. The van der Waals surface area contributed by atoms with Crippen molar-refractivity contribution in [3.63, 3.8) is 0 Å². The maximum Gasteiger partial charge on any atom is 0.472 e. The zero-order valence-corrected chi connectivity index (χ0v) is 43.4. The predicted octanol–water partition coefficient (Wildman–Crippen LogP) is 6.64. The molecule has 21 heteroatoms. The molecule has 1 aliphatic rings. The maximum absolute atomic E-state index is 13.0. The Bertz CT molecular complexity index is 1850. The number of esters is 2. The number of phosphoric acid groups is 2. The Morgan fingerprint density at radius 2 is 1.06 bits per heavy atom. The highest BCUT2D eigenvalue weighted by Gasteiger charge is 2.54. The van der Waals surface area contributed by atoms with Gasteiger partial charge in [0.15, 0.2) is 6.10 Å². The lowest BCUT2D eigenvalue weighted by atomic mass is 9.85. The minimum Gasteiger partial charge on any atom is -0.462 e. The van der Waals surface area contributed by atoms with Gasteiger partial charge in [0.05, 0.1) is 24.9 Å². The van der Waals surface area contributed by atoms with Crippen LogP contribution in [0.3, 0.4) is 0 Å². The molecule has 410 valence electrons. The van der Waals surface area contributed by atoms with Crippen LogP contribution in [0, 0.1) is 0 Å². The fourth-order valence-corrected chi connectivity index (χ4v) is 8.22. The third-order valence-electron chi connectivity index (χ3n) is 10.7. The van der Waals surface area contributed by atoms with E-state index in [1.54, 1.807) is 42.5 Å². The number of rotatable bonds is 39. The Morgan fingerprint density at radius 3 is 1.62 bits per heavy atom. The summed E-state index contributed by atoms with van der Waals surface area (Å²) in [6.07, 6.45) is 26.8. The number of aliphatic hydroxyl groups is 7. The number of aliphatic hydroxyl groups excluding tert-OH is 7. The van der Waals surface area contributed by atoms with E-state index in [1.807, 2.05) is 18.2 Å². The molecule has 1 fully saturated rings. The van der Waals surface area contributed by atoms with Gasteiger partial charge < -0.3 is 59.9 Å². The van der Waals surface area contributed by atoms with Crippen molar-refractivity contribution in [2.75, 3.05) is 13.2 Å². The number of phosphoric ester groups is 2. The minimum absolute atomic E-state index is 0.0112. The first-order chi connectivity index (χ1) is 34.3. The van der Waals surface area contributed by atoms with Crippen molar-refractivity contribution in [3.05, 3.63) is 109 Å². The quantitative estimate of drug-likeness (QED) is 0.0101. The summed E-state index contributed by atoms with van der Waals surface area (Å²) in [6, 6.07) is 0. The van der Waals surface area contributed by atoms with Crippen molar-refractivity contribution < 1.29 is 92.2 Å². The van der Waals surface area contributed by atoms with Crippen LogP contribution in [0.5, 0.6) is 0 Å². The number of carbonyl (C=O) groups excluding carboxylic acids is 2. The molecule has 0 aromatic carbocycles. The molecule has 0 spiro atoms. The van der Waals surface area contributed by atoms with Crippen molar-refractivity contribution in [2.24, 2.45) is 0 Å². The standard InChI is InChI=1S/C51H82O19P2/c1-3-5-7-8-9-10-11-12-13-14-15-16-17-18-19-20-21-26-30-36-45(56)68-41(39-67-72(64,65)70-51-48(59)46(57)47(58)50(49(51)60)69-71(61,62)63)38-66-44(55)37-31-35-43(54)42(53)34-29-25-23-22-24-28-33-40(52)32-27-6-4-2/h9-10,12-13,15-16,18-19,21-26,28-29,33-34,40-43,46-54,57-60H,3-8,11,14,17,20,27,30-32,35-39H2,1-2H3,(H,64,65)(H2,61,62,63)/b10-9-,13-12-,16-15-,19-18-,24-22-,25-23+,26-21-,33-28+,34-29+/t40-,41-,42-,43-,46?,47?,48?,49?,50-,51+/m1/s1. The molecular weight excluding hydrogens is 978 g/mol. The van der Waals surface area contributed by atoms with E-state index in [2.05, 4.69) is 54.8 Å². The molecule has 1 aliphatic carbocycles. The Kier molecular flexibility index (Phi) is 36.9. The molecule has 0 radical (unpaired) electrons. The molecule has 0 bridgehead atoms. The third-order valence-corrected chi connectivity index (χ3v) is 12.2. The molecule has 72 heavy (non-hydrogen) atoms. The van der Waals surface area contributed by atoms with Gasteiger partial charge in [0.2, 0.25) is 0 Å². The van der Waals surface area contributed by atoms with Crippen LogP contribution in [-0.4, -0.2) is 137 Å². The molecule has 0 aromatic heterocycles. The second kappa shape index (κ2) is 39.9. The van der Waals surface area contributed by atoms with Crippen molar-refractivity contribution in [3.8, 4) is 0 Å². The van der Waals surface area contributed by atoms with E-state index < -0.39 is 102 Å². The summed E-state index contributed by atoms with van der Waals surface area (Å²) in [4.78, 5) is 54.4. The normalized spacial score (nSPS) is 23.0. The van der Waals surface area contributed by atoms with Crippen LogP contribution in [0.25, 0.3) is 0 Å². The Balaban J connectivity index is 2.77. The summed E-state index contributed by atoms with van der Waals surface area (Å²) < 4.78 is 49.1. The molecule has 0 heterocycles. The molecule has 1 saturated carbocycles. The molecule has 5 unspecified atom stereocenters. The monoisotopic (exact) mass is 1060 g/mol. The number of hydrogen-bond donors (Lipinski definition) is 10. The maximum atomic E-state index is 13.0. The predicted molar refractivity (Wildman–Crippen MR) is 273 cm³/mol. The molecule has 11 atom stereocenters. The first-order valence-electron chi connectivity index (χ1n) is 24.8. The smallest absolute Gasteiger partial charge is 0.462 e. The van der Waals surface area contributed by atoms with Gasteiger partial charge in [-0.25, -0.2) is 9.13 Å². The second-order valence-corrected chi connectivity index (χ2v) is 19.6. The average Bonchev–Trinajstić information content (AvgIpc) is 3.33. The first kappa shape index (κ1) is 66.6. The van der Waals surface area contributed by atoms with E-state index >= 15 is 0 Å². The van der Waals surface area contributed by atoms with Gasteiger partial charge in [-0.3, -0.25) is 23.2 Å². The summed E-state index contributed by atoms with van der Waals surface area (Å²) >= 11 is 0. The minimum atomic E-state index is -5.42. The largest absolute Gasteiger partial charge is 0.472 e. The highest BCUT2D eigenvalue weighted by molar-refractivity contribution is 7.47. The SMILES string of the molecule is CCCCC/C=C\C/C=C\C/C=C\C/C=C\C/C=C\CCC(=O)O[C@H](COC(=O)CCC[C@@H](O)[C@H](O)/C=C/C=C/C=C\C=C\[C@H](O)CCCCC)COP(=O)(O)O[C@H]1C(O)C(O)C(O)[C@@H](OP(=O)(O)O)C1O. The van der Waals surface area contributed by atoms with Crippen molar-refractivity contribution in [1.29, 1.82) is 0 Å². The zero-order valence-electron chi connectivity index (χ0n) is 41.6. The van der Waals surface area contributed by atoms with Crippen LogP contribution >= 0.6 is 15.6 Å². The van der Waals surface area contributed by atoms with Gasteiger partial charge in [0.25, 0.3) is 0 Å². The van der Waals surface area contributed by atoms with Crippen molar-refractivity contribution in [2.45, 2.75) is 184 Å². The lowest BCUT2D eigenvalue weighted by molar-refractivity contribution is -0.216. The van der Waals surface area contributed by atoms with Gasteiger partial charge in [-0.2, -0.15) is 0 Å². The van der Waals surface area contributed by atoms with Crippen LogP contribution in [0.15, 0.2) is 109 Å². The fourth-order valence-electron chi connectivity index (χ4n) is 6.68. The van der Waals surface area contributed by atoms with Gasteiger partial charge in [-0.1, -0.05) is 155 Å². The number of carbonyl (C=O) groups is 2. The van der Waals surface area contributed by atoms with Crippen molar-refractivity contribution in [1.82, 2.24) is 0 Å². The molecule has 19 nitrogen and oxygen atoms in total. The molecule has 1 rings (SSSR count). The van der Waals surface area contributed by atoms with Gasteiger partial charge in [-0.15, -0.1) is 0 Å². The summed E-state index contributed by atoms with van der Waals surface area (Å²) in [5.41, 5.74) is 0. The van der Waals surface area contributed by atoms with Crippen LogP contribution in [0.2, 0.25) is 0 Å². The Labute approximate surface area is 425 Å². The summed E-state index contributed by atoms with van der Waals surface area (Å²) in [6.45, 7) is 2.61. The van der Waals surface area contributed by atoms with E-state index in [0.717, 1.165) is 44.9 Å². The number of allylic oxidation sites excluding steroid dienone is 16. The van der Waals surface area contributed by atoms with Gasteiger partial charge in [0.1, 0.15) is 43.2 Å². The Hall–Kier alpha value is -3.46. The topological polar surface area (TPSA) is 317 Å².